The summed E-state index contributed by atoms with van der Waals surface area (Å²) in [6.45, 7) is 0.593. The molecule has 0 bridgehead atoms. The zero-order valence-electron chi connectivity index (χ0n) is 12.2. The topological polar surface area (TPSA) is 63.4 Å². The van der Waals surface area contributed by atoms with E-state index in [1.165, 1.54) is 23.5 Å². The number of primary amides is 1. The van der Waals surface area contributed by atoms with Gasteiger partial charge in [0.1, 0.15) is 11.9 Å². The van der Waals surface area contributed by atoms with Crippen LogP contribution in [-0.4, -0.2) is 29.3 Å². The number of thiophene rings is 1. The summed E-state index contributed by atoms with van der Waals surface area (Å²) in [5, 5.41) is 1.84. The van der Waals surface area contributed by atoms with Crippen LogP contribution in [0, 0.1) is 17.7 Å². The van der Waals surface area contributed by atoms with Crippen LogP contribution in [-0.2, 0) is 4.79 Å². The van der Waals surface area contributed by atoms with Crippen LogP contribution >= 0.6 is 11.3 Å². The summed E-state index contributed by atoms with van der Waals surface area (Å²) in [5.74, 6) is -0.274. The maximum atomic E-state index is 13.1. The van der Waals surface area contributed by atoms with Gasteiger partial charge in [-0.2, -0.15) is 0 Å². The highest BCUT2D eigenvalue weighted by atomic mass is 32.1. The number of amides is 2. The summed E-state index contributed by atoms with van der Waals surface area (Å²) in [4.78, 5) is 27.0. The Kier molecular flexibility index (Phi) is 3.23. The van der Waals surface area contributed by atoms with Crippen molar-refractivity contribution in [2.45, 2.75) is 12.5 Å². The molecular formula is C17H15FN2O2S. The highest BCUT2D eigenvalue weighted by molar-refractivity contribution is 7.14. The highest BCUT2D eigenvalue weighted by Crippen LogP contribution is 2.50. The number of piperidine rings is 1. The summed E-state index contributed by atoms with van der Waals surface area (Å²) < 4.78 is 13.1. The highest BCUT2D eigenvalue weighted by Gasteiger charge is 2.56. The van der Waals surface area contributed by atoms with E-state index in [4.69, 9.17) is 5.73 Å². The number of benzene rings is 1. The van der Waals surface area contributed by atoms with Crippen LogP contribution in [0.25, 0.3) is 10.4 Å². The molecule has 0 radical (unpaired) electrons. The number of fused-ring (bicyclic) bond motifs is 1. The third kappa shape index (κ3) is 2.34. The Morgan fingerprint density at radius 3 is 2.65 bits per heavy atom. The van der Waals surface area contributed by atoms with Crippen LogP contribution in [0.3, 0.4) is 0 Å². The van der Waals surface area contributed by atoms with Gasteiger partial charge in [0.05, 0.1) is 5.56 Å². The van der Waals surface area contributed by atoms with Crippen molar-refractivity contribution in [2.75, 3.05) is 6.54 Å². The minimum atomic E-state index is -0.492. The summed E-state index contributed by atoms with van der Waals surface area (Å²) in [7, 11) is 0. The molecule has 1 aliphatic carbocycles. The average molecular weight is 330 g/mol. The first-order valence-electron chi connectivity index (χ1n) is 7.50. The Hall–Kier alpha value is -2.21. The third-order valence-electron chi connectivity index (χ3n) is 4.70. The predicted octanol–water partition coefficient (Wildman–Crippen LogP) is 2.50. The van der Waals surface area contributed by atoms with Crippen molar-refractivity contribution in [3.63, 3.8) is 0 Å². The molecule has 23 heavy (non-hydrogen) atoms. The largest absolute Gasteiger partial charge is 0.368 e. The molecule has 2 amide bonds. The third-order valence-corrected chi connectivity index (χ3v) is 5.67. The monoisotopic (exact) mass is 330 g/mol. The van der Waals surface area contributed by atoms with Crippen LogP contribution in [0.5, 0.6) is 0 Å². The second-order valence-corrected chi connectivity index (χ2v) is 7.05. The van der Waals surface area contributed by atoms with Gasteiger partial charge in [-0.1, -0.05) is 12.1 Å². The van der Waals surface area contributed by atoms with Crippen molar-refractivity contribution >= 4 is 23.2 Å². The number of nitrogens with zero attached hydrogens (tertiary/aromatic N) is 1. The van der Waals surface area contributed by atoms with Crippen LogP contribution in [0.15, 0.2) is 35.7 Å². The lowest BCUT2D eigenvalue weighted by atomic mass is 10.1. The van der Waals surface area contributed by atoms with Gasteiger partial charge >= 0.3 is 0 Å². The van der Waals surface area contributed by atoms with Gasteiger partial charge < -0.3 is 10.6 Å². The van der Waals surface area contributed by atoms with Crippen molar-refractivity contribution in [2.24, 2.45) is 17.6 Å². The lowest BCUT2D eigenvalue weighted by Gasteiger charge is -2.25. The zero-order chi connectivity index (χ0) is 16.1. The SMILES string of the molecule is NC(=O)[C@@H]1[C@H]2C[C@H]2CN1C(=O)c1ccsc1-c1ccc(F)cc1. The van der Waals surface area contributed by atoms with Crippen LogP contribution in [0.2, 0.25) is 0 Å². The van der Waals surface area contributed by atoms with Crippen molar-refractivity contribution < 1.29 is 14.0 Å². The van der Waals surface area contributed by atoms with Crippen LogP contribution < -0.4 is 5.73 Å². The van der Waals surface area contributed by atoms with Gasteiger partial charge in [0.25, 0.3) is 5.91 Å². The summed E-state index contributed by atoms with van der Waals surface area (Å²) >= 11 is 1.43. The molecule has 0 spiro atoms. The Labute approximate surface area is 136 Å². The predicted molar refractivity (Wildman–Crippen MR) is 85.3 cm³/mol. The Morgan fingerprint density at radius 2 is 1.96 bits per heavy atom. The van der Waals surface area contributed by atoms with E-state index in [9.17, 15) is 14.0 Å². The Bertz CT molecular complexity index is 786. The van der Waals surface area contributed by atoms with Crippen molar-refractivity contribution in [3.05, 3.63) is 47.1 Å². The fourth-order valence-corrected chi connectivity index (χ4v) is 4.39. The maximum absolute atomic E-state index is 13.1. The van der Waals surface area contributed by atoms with E-state index in [1.54, 1.807) is 23.1 Å². The Balaban J connectivity index is 1.66. The van der Waals surface area contributed by atoms with Gasteiger partial charge in [0.2, 0.25) is 5.91 Å². The molecule has 1 aromatic heterocycles. The molecule has 2 heterocycles. The van der Waals surface area contributed by atoms with Gasteiger partial charge in [-0.05, 0) is 47.4 Å². The summed E-state index contributed by atoms with van der Waals surface area (Å²) in [6.07, 6.45) is 0.978. The number of nitrogens with two attached hydrogens (primary N) is 1. The number of hydrogen-bond acceptors (Lipinski definition) is 3. The molecule has 1 aliphatic heterocycles. The number of hydrogen-bond donors (Lipinski definition) is 1. The minimum absolute atomic E-state index is 0.165. The van der Waals surface area contributed by atoms with E-state index in [-0.39, 0.29) is 17.6 Å². The van der Waals surface area contributed by atoms with Gasteiger partial charge in [-0.15, -0.1) is 11.3 Å². The van der Waals surface area contributed by atoms with Gasteiger partial charge in [-0.3, -0.25) is 9.59 Å². The van der Waals surface area contributed by atoms with Gasteiger partial charge in [0.15, 0.2) is 0 Å². The smallest absolute Gasteiger partial charge is 0.256 e. The van der Waals surface area contributed by atoms with Crippen molar-refractivity contribution in [1.29, 1.82) is 0 Å². The number of rotatable bonds is 3. The molecule has 0 unspecified atom stereocenters. The summed E-state index contributed by atoms with van der Waals surface area (Å²) in [6, 6.07) is 7.33. The maximum Gasteiger partial charge on any atom is 0.256 e. The van der Waals surface area contributed by atoms with Crippen LogP contribution in [0.4, 0.5) is 4.39 Å². The normalized spacial score (nSPS) is 25.3. The molecular weight excluding hydrogens is 315 g/mol. The molecule has 4 rings (SSSR count). The second kappa shape index (κ2) is 5.16. The molecule has 3 atom stereocenters. The molecule has 6 heteroatoms. The lowest BCUT2D eigenvalue weighted by molar-refractivity contribution is -0.122. The van der Waals surface area contributed by atoms with E-state index in [2.05, 4.69) is 0 Å². The number of likely N-dealkylation sites (tertiary alicyclic amines) is 1. The fourth-order valence-electron chi connectivity index (χ4n) is 3.50. The number of carbonyl (C=O) groups excluding carboxylic acids is 2. The summed E-state index contributed by atoms with van der Waals surface area (Å²) in [5.41, 5.74) is 6.84. The molecule has 2 N–H and O–H groups in total. The van der Waals surface area contributed by atoms with E-state index in [0.717, 1.165) is 16.9 Å². The fraction of sp³-hybridized carbons (Fsp3) is 0.294. The zero-order valence-corrected chi connectivity index (χ0v) is 13.1. The van der Waals surface area contributed by atoms with Crippen molar-refractivity contribution in [1.82, 2.24) is 4.90 Å². The van der Waals surface area contributed by atoms with E-state index >= 15 is 0 Å². The quantitative estimate of drug-likeness (QED) is 0.940. The second-order valence-electron chi connectivity index (χ2n) is 6.13. The molecule has 1 saturated heterocycles. The molecule has 1 saturated carbocycles. The molecule has 2 aromatic rings. The van der Waals surface area contributed by atoms with Crippen LogP contribution in [0.1, 0.15) is 16.8 Å². The van der Waals surface area contributed by atoms with Gasteiger partial charge in [-0.25, -0.2) is 4.39 Å². The first-order chi connectivity index (χ1) is 11.1. The van der Waals surface area contributed by atoms with Gasteiger partial charge in [0, 0.05) is 11.4 Å². The van der Waals surface area contributed by atoms with Crippen molar-refractivity contribution in [3.8, 4) is 10.4 Å². The number of halogens is 1. The van der Waals surface area contributed by atoms with E-state index in [1.807, 2.05) is 5.38 Å². The molecule has 4 nitrogen and oxygen atoms in total. The first-order valence-corrected chi connectivity index (χ1v) is 8.38. The van der Waals surface area contributed by atoms with E-state index < -0.39 is 11.9 Å². The average Bonchev–Trinajstić information content (AvgIpc) is 2.99. The minimum Gasteiger partial charge on any atom is -0.368 e. The lowest BCUT2D eigenvalue weighted by Crippen LogP contribution is -2.46. The molecule has 2 aliphatic rings. The molecule has 2 fully saturated rings. The molecule has 118 valence electrons. The number of carbonyl (C=O) groups is 2. The van der Waals surface area contributed by atoms with E-state index in [0.29, 0.717) is 18.0 Å². The standard InChI is InChI=1S/C17H15FN2O2S/c18-11-3-1-9(2-4-11)15-12(5-6-23-15)17(22)20-8-10-7-13(10)14(20)16(19)21/h1-6,10,13-14H,7-8H2,(H2,19,21)/t10-,13-,14-/m0/s1. The molecule has 1 aromatic carbocycles. The first kappa shape index (κ1) is 14.4. The Morgan fingerprint density at radius 1 is 1.22 bits per heavy atom.